The van der Waals surface area contributed by atoms with Gasteiger partial charge in [0.25, 0.3) is 0 Å². The van der Waals surface area contributed by atoms with E-state index >= 15 is 0 Å². The Labute approximate surface area is 289 Å². The van der Waals surface area contributed by atoms with Crippen LogP contribution in [0.2, 0.25) is 0 Å². The molecule has 0 fully saturated rings. The van der Waals surface area contributed by atoms with Gasteiger partial charge in [-0.15, -0.1) is 0 Å². The third kappa shape index (κ3) is 6.05. The molecule has 4 unspecified atom stereocenters. The van der Waals surface area contributed by atoms with Crippen molar-refractivity contribution >= 4 is 23.5 Å². The van der Waals surface area contributed by atoms with Crippen molar-refractivity contribution in [3.05, 3.63) is 92.0 Å². The first-order valence-electron chi connectivity index (χ1n) is 16.1. The zero-order valence-electron chi connectivity index (χ0n) is 28.0. The van der Waals surface area contributed by atoms with Crippen LogP contribution in [0.5, 0.6) is 46.0 Å². The minimum Gasteiger partial charge on any atom is -0.508 e. The molecule has 0 heterocycles. The van der Waals surface area contributed by atoms with Gasteiger partial charge >= 0.3 is 0 Å². The lowest BCUT2D eigenvalue weighted by Gasteiger charge is -2.27. The Morgan fingerprint density at radius 1 is 0.396 bits per heavy atom. The molecule has 8 N–H and O–H groups in total. The average molecular weight is 693 g/mol. The third-order valence-electron chi connectivity index (χ3n) is 9.84. The lowest BCUT2D eigenvalue weighted by atomic mass is 9.79. The number of phenols is 8. The Morgan fingerprint density at radius 2 is 0.625 bits per heavy atom. The van der Waals surface area contributed by atoms with Crippen LogP contribution < -0.4 is 0 Å². The minimum atomic E-state index is -0.620. The van der Waals surface area contributed by atoms with Gasteiger partial charge in [0.2, 0.25) is 0 Å². The molecule has 0 amide bonds. The van der Waals surface area contributed by atoms with E-state index < -0.39 is 23.7 Å². The van der Waals surface area contributed by atoms with Gasteiger partial charge in [-0.3, -0.25) is 0 Å². The van der Waals surface area contributed by atoms with Crippen LogP contribution in [0.1, 0.15) is 121 Å². The molecule has 0 saturated carbocycles. The Kier molecular flexibility index (Phi) is 10.2. The van der Waals surface area contributed by atoms with Crippen LogP contribution in [-0.4, -0.2) is 52.4 Å². The number of hydrogen-bond donors (Lipinski definition) is 8. The number of rotatable bonds is 6. The Bertz CT molecular complexity index is 1630. The maximum absolute atomic E-state index is 11.6. The van der Waals surface area contributed by atoms with Gasteiger partial charge in [0, 0.05) is 103 Å². The highest BCUT2D eigenvalue weighted by atomic mass is 32.2. The first-order valence-corrected chi connectivity index (χ1v) is 18.5. The number of thioether (sulfide) groups is 2. The summed E-state index contributed by atoms with van der Waals surface area (Å²) in [6.07, 6.45) is 0. The van der Waals surface area contributed by atoms with Gasteiger partial charge in [-0.05, 0) is 35.8 Å². The highest BCUT2D eigenvalue weighted by molar-refractivity contribution is 7.98. The molecule has 5 rings (SSSR count). The van der Waals surface area contributed by atoms with E-state index in [-0.39, 0.29) is 46.0 Å². The summed E-state index contributed by atoms with van der Waals surface area (Å²) in [5.41, 5.74) is 4.07. The fourth-order valence-electron chi connectivity index (χ4n) is 6.81. The second-order valence-corrected chi connectivity index (χ2v) is 15.1. The van der Waals surface area contributed by atoms with E-state index in [1.807, 2.05) is 41.5 Å². The van der Waals surface area contributed by atoms with E-state index in [0.29, 0.717) is 67.1 Å². The molecule has 8 bridgehead atoms. The molecule has 1 aliphatic rings. The van der Waals surface area contributed by atoms with Gasteiger partial charge in [0.1, 0.15) is 46.0 Å². The molecule has 4 atom stereocenters. The van der Waals surface area contributed by atoms with Crippen molar-refractivity contribution < 1.29 is 40.9 Å². The van der Waals surface area contributed by atoms with Gasteiger partial charge in [0.15, 0.2) is 0 Å². The largest absolute Gasteiger partial charge is 0.508 e. The highest BCUT2D eigenvalue weighted by Gasteiger charge is 2.31. The van der Waals surface area contributed by atoms with Crippen molar-refractivity contribution in [2.75, 3.05) is 11.5 Å². The van der Waals surface area contributed by atoms with Gasteiger partial charge in [-0.2, -0.15) is 23.5 Å². The molecule has 48 heavy (non-hydrogen) atoms. The lowest BCUT2D eigenvalue weighted by Crippen LogP contribution is -2.09. The number of phenolic OH excluding ortho intramolecular Hbond substituents is 8. The Hall–Kier alpha value is -4.02. The third-order valence-corrected chi connectivity index (χ3v) is 11.6. The van der Waals surface area contributed by atoms with Crippen LogP contribution in [0.15, 0.2) is 36.4 Å². The molecule has 0 radical (unpaired) electrons. The smallest absolute Gasteiger partial charge is 0.127 e. The SMILES string of the molecule is CCSCc1c(O)c2cc(c1O)C(C)c1cc(c(O)cc1O)C(C)c1cc(c(O)c(CSCC)c1O)C(C)c1cc(c(O)cc1O)C2C. The van der Waals surface area contributed by atoms with E-state index in [2.05, 4.69) is 0 Å². The molecule has 8 nitrogen and oxygen atoms in total. The van der Waals surface area contributed by atoms with Crippen LogP contribution in [0.3, 0.4) is 0 Å². The first-order chi connectivity index (χ1) is 22.7. The highest BCUT2D eigenvalue weighted by Crippen LogP contribution is 2.52. The fourth-order valence-corrected chi connectivity index (χ4v) is 8.18. The van der Waals surface area contributed by atoms with E-state index in [4.69, 9.17) is 0 Å². The van der Waals surface area contributed by atoms with Crippen LogP contribution in [-0.2, 0) is 11.5 Å². The van der Waals surface area contributed by atoms with Crippen LogP contribution in [0.25, 0.3) is 0 Å². The number of benzene rings is 4. The summed E-state index contributed by atoms with van der Waals surface area (Å²) < 4.78 is 0. The topological polar surface area (TPSA) is 162 Å². The number of hydrogen-bond acceptors (Lipinski definition) is 10. The van der Waals surface area contributed by atoms with Crippen molar-refractivity contribution in [1.82, 2.24) is 0 Å². The minimum absolute atomic E-state index is 0.108. The van der Waals surface area contributed by atoms with Crippen LogP contribution in [0.4, 0.5) is 0 Å². The predicted octanol–water partition coefficient (Wildman–Crippen LogP) is 8.76. The summed E-state index contributed by atoms with van der Waals surface area (Å²) in [5, 5.41) is 91.0. The summed E-state index contributed by atoms with van der Waals surface area (Å²) in [6, 6.07) is 9.19. The van der Waals surface area contributed by atoms with Gasteiger partial charge in [-0.1, -0.05) is 41.5 Å². The Balaban J connectivity index is 1.91. The van der Waals surface area contributed by atoms with E-state index in [9.17, 15) is 40.9 Å². The van der Waals surface area contributed by atoms with Gasteiger partial charge in [-0.25, -0.2) is 0 Å². The fraction of sp³-hybridized carbons (Fsp3) is 0.368. The second kappa shape index (κ2) is 13.8. The molecular formula is C38H44O8S2. The first kappa shape index (κ1) is 35.3. The molecule has 4 aromatic rings. The van der Waals surface area contributed by atoms with Crippen LogP contribution >= 0.6 is 23.5 Å². The number of fused-ring (bicyclic) bond motifs is 8. The van der Waals surface area contributed by atoms with Crippen molar-refractivity contribution in [2.45, 2.75) is 76.7 Å². The van der Waals surface area contributed by atoms with Crippen molar-refractivity contribution in [2.24, 2.45) is 0 Å². The molecule has 0 aromatic heterocycles. The van der Waals surface area contributed by atoms with E-state index in [0.717, 1.165) is 11.5 Å². The quantitative estimate of drug-likeness (QED) is 0.0981. The summed E-state index contributed by atoms with van der Waals surface area (Å²) in [5.74, 6) is -1.55. The summed E-state index contributed by atoms with van der Waals surface area (Å²) in [7, 11) is 0. The van der Waals surface area contributed by atoms with E-state index in [1.54, 1.807) is 24.3 Å². The zero-order chi connectivity index (χ0) is 35.2. The maximum atomic E-state index is 11.6. The molecule has 1 aliphatic carbocycles. The molecular weight excluding hydrogens is 649 g/mol. The van der Waals surface area contributed by atoms with Crippen LogP contribution in [0, 0.1) is 0 Å². The van der Waals surface area contributed by atoms with Crippen molar-refractivity contribution in [1.29, 1.82) is 0 Å². The molecule has 256 valence electrons. The molecule has 0 saturated heterocycles. The summed E-state index contributed by atoms with van der Waals surface area (Å²) >= 11 is 3.04. The normalized spacial score (nSPS) is 19.0. The van der Waals surface area contributed by atoms with E-state index in [1.165, 1.54) is 35.7 Å². The molecule has 0 aliphatic heterocycles. The summed E-state index contributed by atoms with van der Waals surface area (Å²) in [4.78, 5) is 0. The molecule has 0 spiro atoms. The zero-order valence-corrected chi connectivity index (χ0v) is 29.6. The van der Waals surface area contributed by atoms with Crippen molar-refractivity contribution in [3.63, 3.8) is 0 Å². The summed E-state index contributed by atoms with van der Waals surface area (Å²) in [6.45, 7) is 11.2. The Morgan fingerprint density at radius 3 is 0.854 bits per heavy atom. The van der Waals surface area contributed by atoms with Gasteiger partial charge in [0.05, 0.1) is 0 Å². The second-order valence-electron chi connectivity index (χ2n) is 12.6. The lowest BCUT2D eigenvalue weighted by molar-refractivity contribution is 0.424. The molecule has 4 aromatic carbocycles. The van der Waals surface area contributed by atoms with Gasteiger partial charge < -0.3 is 40.9 Å². The maximum Gasteiger partial charge on any atom is 0.127 e. The molecule has 10 heteroatoms. The predicted molar refractivity (Wildman–Crippen MR) is 193 cm³/mol. The number of aromatic hydroxyl groups is 8. The monoisotopic (exact) mass is 692 g/mol. The average Bonchev–Trinajstić information content (AvgIpc) is 3.03. The standard InChI is InChI=1S/C38H44O8S2/c1-7-47-15-29-35(43)25-11-26(36(29)44)18(4)22-10-24(34(42)14-32(22)40)20(6)28-12-27(37(45)30(38(28)46)16-48-8-2)19(5)23-9-21(17(25)3)31(39)13-33(23)41/h9-14,17-20,39-46H,7-8,15-16H2,1-6H3. The van der Waals surface area contributed by atoms with Crippen molar-refractivity contribution in [3.8, 4) is 46.0 Å².